The van der Waals surface area contributed by atoms with Gasteiger partial charge in [-0.2, -0.15) is 0 Å². The molecule has 1 aliphatic heterocycles. The number of anilines is 2. The molecule has 1 heterocycles. The van der Waals surface area contributed by atoms with Crippen LogP contribution in [0.4, 0.5) is 20.2 Å². The monoisotopic (exact) mass is 434 g/mol. The lowest BCUT2D eigenvalue weighted by atomic mass is 10.0. The van der Waals surface area contributed by atoms with Gasteiger partial charge in [-0.05, 0) is 55.3 Å². The summed E-state index contributed by atoms with van der Waals surface area (Å²) in [4.78, 5) is 28.0. The Morgan fingerprint density at radius 1 is 0.844 bits per heavy atom. The fraction of sp³-hybridized carbons (Fsp3) is 0.120. The molecule has 0 saturated carbocycles. The van der Waals surface area contributed by atoms with Crippen LogP contribution in [0.5, 0.6) is 5.75 Å². The molecule has 2 amide bonds. The third-order valence-electron chi connectivity index (χ3n) is 5.24. The minimum absolute atomic E-state index is 0.0221. The number of nitrogens with one attached hydrogen (secondary N) is 1. The molecule has 0 fully saturated rings. The number of benzene rings is 3. The highest BCUT2D eigenvalue weighted by molar-refractivity contribution is 6.46. The normalized spacial score (nSPS) is 13.7. The van der Waals surface area contributed by atoms with Crippen molar-refractivity contribution in [3.8, 4) is 5.75 Å². The first-order chi connectivity index (χ1) is 15.3. The number of rotatable bonds is 5. The van der Waals surface area contributed by atoms with E-state index in [-0.39, 0.29) is 17.0 Å². The molecule has 162 valence electrons. The summed E-state index contributed by atoms with van der Waals surface area (Å²) in [6, 6.07) is 15.3. The van der Waals surface area contributed by atoms with Crippen LogP contribution in [0.1, 0.15) is 16.7 Å². The van der Waals surface area contributed by atoms with E-state index in [0.29, 0.717) is 17.0 Å². The Morgan fingerprint density at radius 2 is 1.56 bits per heavy atom. The van der Waals surface area contributed by atoms with Crippen molar-refractivity contribution >= 4 is 28.8 Å². The predicted octanol–water partition coefficient (Wildman–Crippen LogP) is 4.99. The van der Waals surface area contributed by atoms with Gasteiger partial charge in [0.2, 0.25) is 0 Å². The molecule has 4 rings (SSSR count). The van der Waals surface area contributed by atoms with Crippen molar-refractivity contribution in [3.05, 3.63) is 94.7 Å². The lowest BCUT2D eigenvalue weighted by Crippen LogP contribution is -2.33. The van der Waals surface area contributed by atoms with Gasteiger partial charge in [0.1, 0.15) is 11.4 Å². The first-order valence-corrected chi connectivity index (χ1v) is 9.87. The van der Waals surface area contributed by atoms with Gasteiger partial charge in [-0.1, -0.05) is 29.8 Å². The molecule has 1 aliphatic rings. The van der Waals surface area contributed by atoms with Gasteiger partial charge >= 0.3 is 0 Å². The van der Waals surface area contributed by atoms with Crippen molar-refractivity contribution in [2.75, 3.05) is 17.3 Å². The second kappa shape index (κ2) is 8.26. The molecular formula is C25H20F2N2O3. The van der Waals surface area contributed by atoms with Crippen LogP contribution in [0.3, 0.4) is 0 Å². The van der Waals surface area contributed by atoms with Crippen LogP contribution in [0.15, 0.2) is 66.4 Å². The maximum Gasteiger partial charge on any atom is 0.282 e. The van der Waals surface area contributed by atoms with Gasteiger partial charge in [0.25, 0.3) is 11.8 Å². The fourth-order valence-corrected chi connectivity index (χ4v) is 3.66. The van der Waals surface area contributed by atoms with E-state index in [0.717, 1.165) is 28.2 Å². The molecule has 7 heteroatoms. The maximum absolute atomic E-state index is 13.8. The number of methoxy groups -OCH3 is 1. The van der Waals surface area contributed by atoms with E-state index in [1.165, 1.54) is 13.2 Å². The van der Waals surface area contributed by atoms with Gasteiger partial charge in [-0.25, -0.2) is 13.7 Å². The summed E-state index contributed by atoms with van der Waals surface area (Å²) >= 11 is 0. The number of nitrogens with zero attached hydrogens (tertiary/aromatic N) is 1. The number of ether oxygens (including phenoxy) is 1. The molecule has 32 heavy (non-hydrogen) atoms. The Kier molecular flexibility index (Phi) is 5.48. The molecule has 0 spiro atoms. The van der Waals surface area contributed by atoms with Crippen LogP contribution in [-0.4, -0.2) is 18.9 Å². The van der Waals surface area contributed by atoms with Gasteiger partial charge in [0.05, 0.1) is 18.4 Å². The zero-order valence-corrected chi connectivity index (χ0v) is 17.7. The van der Waals surface area contributed by atoms with Crippen LogP contribution in [0.25, 0.3) is 5.57 Å². The van der Waals surface area contributed by atoms with E-state index in [9.17, 15) is 18.4 Å². The second-order valence-electron chi connectivity index (χ2n) is 7.47. The summed E-state index contributed by atoms with van der Waals surface area (Å²) in [5.74, 6) is -2.59. The van der Waals surface area contributed by atoms with Crippen molar-refractivity contribution < 1.29 is 23.1 Å². The number of amides is 2. The Balaban J connectivity index is 1.83. The lowest BCUT2D eigenvalue weighted by Gasteiger charge is -2.18. The first kappa shape index (κ1) is 21.2. The summed E-state index contributed by atoms with van der Waals surface area (Å²) in [6.07, 6.45) is 0. The topological polar surface area (TPSA) is 58.6 Å². The Morgan fingerprint density at radius 3 is 2.19 bits per heavy atom. The van der Waals surface area contributed by atoms with Crippen LogP contribution in [0, 0.1) is 25.5 Å². The molecular weight excluding hydrogens is 414 g/mol. The van der Waals surface area contributed by atoms with Crippen molar-refractivity contribution in [1.29, 1.82) is 0 Å². The zero-order valence-electron chi connectivity index (χ0n) is 17.7. The number of carbonyl (C=O) groups is 2. The van der Waals surface area contributed by atoms with Gasteiger partial charge in [-0.3, -0.25) is 9.59 Å². The van der Waals surface area contributed by atoms with E-state index in [1.54, 1.807) is 30.3 Å². The molecule has 0 aromatic heterocycles. The molecule has 3 aromatic rings. The summed E-state index contributed by atoms with van der Waals surface area (Å²) in [6.45, 7) is 3.73. The van der Waals surface area contributed by atoms with E-state index in [4.69, 9.17) is 4.74 Å². The van der Waals surface area contributed by atoms with Gasteiger partial charge in [0, 0.05) is 11.8 Å². The van der Waals surface area contributed by atoms with Crippen molar-refractivity contribution in [2.45, 2.75) is 13.8 Å². The summed E-state index contributed by atoms with van der Waals surface area (Å²) < 4.78 is 32.3. The Bertz CT molecular complexity index is 1270. The molecule has 0 atom stereocenters. The van der Waals surface area contributed by atoms with Crippen molar-refractivity contribution in [3.63, 3.8) is 0 Å². The first-order valence-electron chi connectivity index (χ1n) is 9.87. The number of carbonyl (C=O) groups excluding carboxylic acids is 2. The second-order valence-corrected chi connectivity index (χ2v) is 7.47. The Hall–Kier alpha value is -4.00. The zero-order chi connectivity index (χ0) is 23.0. The summed E-state index contributed by atoms with van der Waals surface area (Å²) in [7, 11) is 1.52. The van der Waals surface area contributed by atoms with Gasteiger partial charge in [-0.15, -0.1) is 0 Å². The predicted molar refractivity (Wildman–Crippen MR) is 118 cm³/mol. The summed E-state index contributed by atoms with van der Waals surface area (Å²) in [5.41, 5.74) is 2.95. The number of imide groups is 1. The van der Waals surface area contributed by atoms with Crippen LogP contribution in [0.2, 0.25) is 0 Å². The lowest BCUT2D eigenvalue weighted by molar-refractivity contribution is -0.120. The molecule has 0 bridgehead atoms. The summed E-state index contributed by atoms with van der Waals surface area (Å²) in [5, 5.41) is 2.83. The molecule has 0 radical (unpaired) electrons. The fourth-order valence-electron chi connectivity index (χ4n) is 3.66. The standard InChI is InChI=1S/C25H20F2N2O3/c1-14-4-11-21(15(2)12-14)29-24(30)22(16-5-8-18(32-3)9-6-16)23(25(29)31)28-17-7-10-19(26)20(27)13-17/h4-13,28H,1-3H3. The average molecular weight is 434 g/mol. The quantitative estimate of drug-likeness (QED) is 0.575. The molecule has 0 unspecified atom stereocenters. The third kappa shape index (κ3) is 3.73. The maximum atomic E-state index is 13.8. The molecule has 1 N–H and O–H groups in total. The molecule has 0 aliphatic carbocycles. The number of hydrogen-bond acceptors (Lipinski definition) is 4. The van der Waals surface area contributed by atoms with Gasteiger partial charge < -0.3 is 10.1 Å². The van der Waals surface area contributed by atoms with Crippen LogP contribution >= 0.6 is 0 Å². The largest absolute Gasteiger partial charge is 0.497 e. The third-order valence-corrected chi connectivity index (χ3v) is 5.24. The Labute approximate surface area is 183 Å². The van der Waals surface area contributed by atoms with Crippen molar-refractivity contribution in [2.24, 2.45) is 0 Å². The number of hydrogen-bond donors (Lipinski definition) is 1. The smallest absolute Gasteiger partial charge is 0.282 e. The molecule has 5 nitrogen and oxygen atoms in total. The highest BCUT2D eigenvalue weighted by Crippen LogP contribution is 2.36. The van der Waals surface area contributed by atoms with E-state index < -0.39 is 23.4 Å². The average Bonchev–Trinajstić information content (AvgIpc) is 3.00. The van der Waals surface area contributed by atoms with Crippen LogP contribution < -0.4 is 15.0 Å². The molecule has 3 aromatic carbocycles. The SMILES string of the molecule is COc1ccc(C2=C(Nc3ccc(F)c(F)c3)C(=O)N(c3ccc(C)cc3C)C2=O)cc1. The van der Waals surface area contributed by atoms with Crippen molar-refractivity contribution in [1.82, 2.24) is 0 Å². The van der Waals surface area contributed by atoms with E-state index >= 15 is 0 Å². The highest BCUT2D eigenvalue weighted by atomic mass is 19.2. The van der Waals surface area contributed by atoms with Gasteiger partial charge in [0.15, 0.2) is 11.6 Å². The number of aryl methyl sites for hydroxylation is 2. The number of halogens is 2. The minimum Gasteiger partial charge on any atom is -0.497 e. The van der Waals surface area contributed by atoms with E-state index in [1.807, 2.05) is 26.0 Å². The molecule has 0 saturated heterocycles. The highest BCUT2D eigenvalue weighted by Gasteiger charge is 2.40. The van der Waals surface area contributed by atoms with E-state index in [2.05, 4.69) is 5.32 Å². The van der Waals surface area contributed by atoms with Crippen LogP contribution in [-0.2, 0) is 9.59 Å². The minimum atomic E-state index is -1.07.